The quantitative estimate of drug-likeness (QED) is 0.373. The van der Waals surface area contributed by atoms with Gasteiger partial charge in [0.05, 0.1) is 5.71 Å². The van der Waals surface area contributed by atoms with Gasteiger partial charge in [0.25, 0.3) is 0 Å². The molecule has 1 rings (SSSR count). The van der Waals surface area contributed by atoms with E-state index < -0.39 is 11.6 Å². The molecule has 0 heterocycles. The molecule has 0 radical (unpaired) electrons. The number of nitrogens with zero attached hydrogens (tertiary/aromatic N) is 2. The molecule has 1 aliphatic rings. The lowest BCUT2D eigenvalue weighted by molar-refractivity contribution is 0.0305. The first-order valence-corrected chi connectivity index (χ1v) is 5.61. The Bertz CT molecular complexity index is 344. The van der Waals surface area contributed by atoms with Gasteiger partial charge in [-0.15, -0.1) is 0 Å². The maximum atomic E-state index is 11.7. The molecule has 1 atom stereocenters. The van der Waals surface area contributed by atoms with Gasteiger partial charge in [-0.3, -0.25) is 5.21 Å². The Hall–Kier alpha value is -1.30. The molecule has 3 N–H and O–H groups in total. The smallest absolute Gasteiger partial charge is 0.341 e. The molecule has 0 aromatic heterocycles. The molecule has 6 nitrogen and oxygen atoms in total. The minimum Gasteiger partial charge on any atom is -0.411 e. The fraction of sp³-hybridized carbons (Fsp3) is 0.818. The Morgan fingerprint density at radius 2 is 2.06 bits per heavy atom. The first kappa shape index (κ1) is 13.8. The van der Waals surface area contributed by atoms with Gasteiger partial charge < -0.3 is 10.1 Å². The van der Waals surface area contributed by atoms with Gasteiger partial charge in [0, 0.05) is 23.4 Å². The Balaban J connectivity index is 3.00. The molecule has 17 heavy (non-hydrogen) atoms. The van der Waals surface area contributed by atoms with E-state index in [1.807, 2.05) is 34.6 Å². The fourth-order valence-corrected chi connectivity index (χ4v) is 2.31. The Morgan fingerprint density at radius 3 is 2.35 bits per heavy atom. The summed E-state index contributed by atoms with van der Waals surface area (Å²) >= 11 is 0. The molecule has 1 fully saturated rings. The van der Waals surface area contributed by atoms with Crippen LogP contribution in [0.1, 0.15) is 41.0 Å². The van der Waals surface area contributed by atoms with E-state index in [0.29, 0.717) is 12.1 Å². The van der Waals surface area contributed by atoms with E-state index in [0.717, 1.165) is 0 Å². The van der Waals surface area contributed by atoms with Gasteiger partial charge in [-0.1, -0.05) is 19.0 Å². The van der Waals surface area contributed by atoms with Crippen molar-refractivity contribution in [2.24, 2.45) is 10.6 Å². The molecule has 1 unspecified atom stereocenters. The SMILES string of the molecule is CC1(C)C(=NO)CC1N(C(=O)NO)C(C)(C)C. The summed E-state index contributed by atoms with van der Waals surface area (Å²) in [5.74, 6) is 0. The molecular weight excluding hydrogens is 222 g/mol. The molecule has 0 spiro atoms. The lowest BCUT2D eigenvalue weighted by Crippen LogP contribution is -2.66. The number of hydrogen-bond acceptors (Lipinski definition) is 4. The number of nitrogens with one attached hydrogen (secondary N) is 1. The van der Waals surface area contributed by atoms with Crippen molar-refractivity contribution in [3.8, 4) is 0 Å². The number of urea groups is 1. The minimum atomic E-state index is -0.535. The first-order chi connectivity index (χ1) is 7.66. The third-order valence-electron chi connectivity index (χ3n) is 3.43. The van der Waals surface area contributed by atoms with E-state index in [2.05, 4.69) is 5.16 Å². The number of carbonyl (C=O) groups is 1. The number of hydroxylamine groups is 1. The highest BCUT2D eigenvalue weighted by Crippen LogP contribution is 2.43. The predicted molar refractivity (Wildman–Crippen MR) is 63.3 cm³/mol. The summed E-state index contributed by atoms with van der Waals surface area (Å²) in [6, 6.07) is -0.631. The Kier molecular flexibility index (Phi) is 3.38. The van der Waals surface area contributed by atoms with E-state index in [4.69, 9.17) is 10.4 Å². The highest BCUT2D eigenvalue weighted by atomic mass is 16.5. The standard InChI is InChI=1S/C11H21N3O3/c1-10(2,3)14(9(15)13-17)8-6-7(12-16)11(8,4)5/h8,16-17H,6H2,1-5H3,(H,13,15). The van der Waals surface area contributed by atoms with Gasteiger partial charge in [0.15, 0.2) is 0 Å². The number of carbonyl (C=O) groups excluding carboxylic acids is 1. The lowest BCUT2D eigenvalue weighted by atomic mass is 9.64. The van der Waals surface area contributed by atoms with Crippen molar-refractivity contribution >= 4 is 11.7 Å². The van der Waals surface area contributed by atoms with Gasteiger partial charge in [0.1, 0.15) is 0 Å². The van der Waals surface area contributed by atoms with Crippen LogP contribution in [0, 0.1) is 5.41 Å². The summed E-state index contributed by atoms with van der Waals surface area (Å²) in [6.07, 6.45) is 0.522. The third kappa shape index (κ3) is 2.22. The van der Waals surface area contributed by atoms with Crippen LogP contribution in [0.2, 0.25) is 0 Å². The molecule has 1 aliphatic carbocycles. The molecule has 6 heteroatoms. The van der Waals surface area contributed by atoms with Gasteiger partial charge in [-0.25, -0.2) is 10.3 Å². The zero-order valence-electron chi connectivity index (χ0n) is 11.0. The average Bonchev–Trinajstić information content (AvgIpc) is 2.20. The minimum absolute atomic E-state index is 0.0967. The second-order valence-electron chi connectivity index (χ2n) is 5.95. The van der Waals surface area contributed by atoms with Crippen LogP contribution in [0.3, 0.4) is 0 Å². The van der Waals surface area contributed by atoms with E-state index in [-0.39, 0.29) is 11.5 Å². The molecule has 0 aromatic carbocycles. The van der Waals surface area contributed by atoms with Gasteiger partial charge in [0.2, 0.25) is 0 Å². The van der Waals surface area contributed by atoms with Crippen LogP contribution in [-0.4, -0.2) is 38.6 Å². The van der Waals surface area contributed by atoms with Crippen molar-refractivity contribution in [2.45, 2.75) is 52.6 Å². The third-order valence-corrected chi connectivity index (χ3v) is 3.43. The van der Waals surface area contributed by atoms with Crippen LogP contribution in [0.25, 0.3) is 0 Å². The monoisotopic (exact) mass is 243 g/mol. The van der Waals surface area contributed by atoms with Crippen molar-refractivity contribution < 1.29 is 15.2 Å². The van der Waals surface area contributed by atoms with Crippen molar-refractivity contribution in [3.63, 3.8) is 0 Å². The van der Waals surface area contributed by atoms with E-state index in [1.54, 1.807) is 10.4 Å². The topological polar surface area (TPSA) is 85.2 Å². The predicted octanol–water partition coefficient (Wildman–Crippen LogP) is 1.81. The summed E-state index contributed by atoms with van der Waals surface area (Å²) in [4.78, 5) is 13.3. The summed E-state index contributed by atoms with van der Waals surface area (Å²) in [7, 11) is 0. The van der Waals surface area contributed by atoms with Crippen LogP contribution in [0.5, 0.6) is 0 Å². The van der Waals surface area contributed by atoms with Gasteiger partial charge in [-0.2, -0.15) is 0 Å². The van der Waals surface area contributed by atoms with E-state index >= 15 is 0 Å². The maximum absolute atomic E-state index is 11.7. The summed E-state index contributed by atoms with van der Waals surface area (Å²) < 4.78 is 0. The summed E-state index contributed by atoms with van der Waals surface area (Å²) in [6.45, 7) is 9.52. The first-order valence-electron chi connectivity index (χ1n) is 5.61. The molecular formula is C11H21N3O3. The number of oxime groups is 1. The number of amides is 2. The Morgan fingerprint density at radius 1 is 1.53 bits per heavy atom. The lowest BCUT2D eigenvalue weighted by Gasteiger charge is -2.54. The van der Waals surface area contributed by atoms with E-state index in [9.17, 15) is 4.79 Å². The summed E-state index contributed by atoms with van der Waals surface area (Å²) in [5.41, 5.74) is 1.54. The van der Waals surface area contributed by atoms with Crippen molar-refractivity contribution in [3.05, 3.63) is 0 Å². The summed E-state index contributed by atoms with van der Waals surface area (Å²) in [5, 5.41) is 20.9. The van der Waals surface area contributed by atoms with Crippen LogP contribution in [0.15, 0.2) is 5.16 Å². The number of rotatable bonds is 1. The second kappa shape index (κ2) is 4.18. The van der Waals surface area contributed by atoms with Crippen LogP contribution in [-0.2, 0) is 0 Å². The fourth-order valence-electron chi connectivity index (χ4n) is 2.31. The molecule has 0 aromatic rings. The van der Waals surface area contributed by atoms with Gasteiger partial charge in [-0.05, 0) is 20.8 Å². The maximum Gasteiger partial charge on any atom is 0.341 e. The Labute approximate surface area is 101 Å². The zero-order chi connectivity index (χ0) is 13.4. The molecule has 0 saturated heterocycles. The van der Waals surface area contributed by atoms with Crippen molar-refractivity contribution in [2.75, 3.05) is 0 Å². The van der Waals surface area contributed by atoms with Crippen molar-refractivity contribution in [1.82, 2.24) is 10.4 Å². The second-order valence-corrected chi connectivity index (χ2v) is 5.95. The van der Waals surface area contributed by atoms with Gasteiger partial charge >= 0.3 is 6.03 Å². The molecule has 98 valence electrons. The molecule has 0 aliphatic heterocycles. The van der Waals surface area contributed by atoms with E-state index in [1.165, 1.54) is 0 Å². The highest BCUT2D eigenvalue weighted by molar-refractivity contribution is 5.97. The van der Waals surface area contributed by atoms with Crippen LogP contribution in [0.4, 0.5) is 4.79 Å². The van der Waals surface area contributed by atoms with Crippen LogP contribution < -0.4 is 5.48 Å². The largest absolute Gasteiger partial charge is 0.411 e. The van der Waals surface area contributed by atoms with Crippen LogP contribution >= 0.6 is 0 Å². The number of hydrogen-bond donors (Lipinski definition) is 3. The molecule has 0 bridgehead atoms. The molecule has 2 amide bonds. The van der Waals surface area contributed by atoms with Crippen molar-refractivity contribution in [1.29, 1.82) is 0 Å². The molecule has 1 saturated carbocycles. The zero-order valence-corrected chi connectivity index (χ0v) is 11.0. The average molecular weight is 243 g/mol. The highest BCUT2D eigenvalue weighted by Gasteiger charge is 2.52. The normalized spacial score (nSPS) is 25.3.